The molecule has 1 N–H and O–H groups in total. The highest BCUT2D eigenvalue weighted by Gasteiger charge is 2.08. The number of hydrogen-bond donors (Lipinski definition) is 1. The monoisotopic (exact) mass is 196 g/mol. The summed E-state index contributed by atoms with van der Waals surface area (Å²) in [6, 6.07) is 2.71. The Kier molecular flexibility index (Phi) is 3.56. The van der Waals surface area contributed by atoms with Crippen molar-refractivity contribution < 1.29 is 9.18 Å². The third-order valence-corrected chi connectivity index (χ3v) is 1.98. The van der Waals surface area contributed by atoms with Crippen molar-refractivity contribution in [2.45, 2.75) is 26.3 Å². The zero-order valence-corrected chi connectivity index (χ0v) is 8.25. The lowest BCUT2D eigenvalue weighted by atomic mass is 10.2. The van der Waals surface area contributed by atoms with Gasteiger partial charge in [0.1, 0.15) is 0 Å². The van der Waals surface area contributed by atoms with Gasteiger partial charge in [-0.15, -0.1) is 0 Å². The van der Waals surface area contributed by atoms with Crippen LogP contribution in [-0.4, -0.2) is 16.9 Å². The van der Waals surface area contributed by atoms with Crippen LogP contribution >= 0.6 is 0 Å². The maximum atomic E-state index is 12.7. The summed E-state index contributed by atoms with van der Waals surface area (Å²) < 4.78 is 12.7. The van der Waals surface area contributed by atoms with Gasteiger partial charge < -0.3 is 5.32 Å². The van der Waals surface area contributed by atoms with Crippen molar-refractivity contribution in [3.63, 3.8) is 0 Å². The van der Waals surface area contributed by atoms with Gasteiger partial charge in [0.25, 0.3) is 5.91 Å². The molecule has 4 heteroatoms. The van der Waals surface area contributed by atoms with E-state index < -0.39 is 5.95 Å². The van der Waals surface area contributed by atoms with Crippen molar-refractivity contribution >= 4 is 5.91 Å². The van der Waals surface area contributed by atoms with Crippen molar-refractivity contribution in [3.05, 3.63) is 29.8 Å². The molecular formula is C10H13FN2O. The third kappa shape index (κ3) is 2.80. The Morgan fingerprint density at radius 3 is 3.00 bits per heavy atom. The van der Waals surface area contributed by atoms with E-state index in [4.69, 9.17) is 0 Å². The molecular weight excluding hydrogens is 183 g/mol. The summed E-state index contributed by atoms with van der Waals surface area (Å²) in [6.07, 6.45) is 2.13. The van der Waals surface area contributed by atoms with E-state index >= 15 is 0 Å². The predicted octanol–water partition coefficient (Wildman–Crippen LogP) is 1.75. The number of carbonyl (C=O) groups is 1. The second-order valence-electron chi connectivity index (χ2n) is 3.15. The maximum absolute atomic E-state index is 12.7. The summed E-state index contributed by atoms with van der Waals surface area (Å²) in [5.74, 6) is -0.901. The summed E-state index contributed by atoms with van der Waals surface area (Å²) in [6.45, 7) is 3.87. The Hall–Kier alpha value is -1.45. The molecule has 1 aromatic rings. The number of nitrogens with zero attached hydrogens (tertiary/aromatic N) is 1. The van der Waals surface area contributed by atoms with Gasteiger partial charge in [0.15, 0.2) is 0 Å². The molecule has 1 amide bonds. The highest BCUT2D eigenvalue weighted by atomic mass is 19.1. The quantitative estimate of drug-likeness (QED) is 0.748. The Bertz CT molecular complexity index is 328. The highest BCUT2D eigenvalue weighted by molar-refractivity contribution is 5.94. The van der Waals surface area contributed by atoms with E-state index in [1.54, 1.807) is 0 Å². The number of hydrogen-bond acceptors (Lipinski definition) is 2. The van der Waals surface area contributed by atoms with Crippen molar-refractivity contribution in [2.24, 2.45) is 0 Å². The molecule has 0 spiro atoms. The average molecular weight is 196 g/mol. The van der Waals surface area contributed by atoms with Crippen LogP contribution in [0.2, 0.25) is 0 Å². The van der Waals surface area contributed by atoms with Gasteiger partial charge in [-0.3, -0.25) is 4.79 Å². The number of amides is 1. The minimum atomic E-state index is -0.637. The molecule has 0 bridgehead atoms. The molecule has 1 unspecified atom stereocenters. The van der Waals surface area contributed by atoms with Gasteiger partial charge in [0, 0.05) is 23.9 Å². The number of aromatic nitrogens is 1. The first kappa shape index (κ1) is 10.6. The highest BCUT2D eigenvalue weighted by Crippen LogP contribution is 2.01. The third-order valence-electron chi connectivity index (χ3n) is 1.98. The number of carbonyl (C=O) groups excluding carboxylic acids is 1. The lowest BCUT2D eigenvalue weighted by Crippen LogP contribution is -2.31. The zero-order valence-electron chi connectivity index (χ0n) is 8.25. The molecule has 0 saturated heterocycles. The average Bonchev–Trinajstić information content (AvgIpc) is 2.17. The minimum Gasteiger partial charge on any atom is -0.350 e. The molecule has 0 radical (unpaired) electrons. The molecule has 76 valence electrons. The van der Waals surface area contributed by atoms with E-state index in [0.717, 1.165) is 12.5 Å². The smallest absolute Gasteiger partial charge is 0.251 e. The van der Waals surface area contributed by atoms with E-state index in [1.165, 1.54) is 12.3 Å². The topological polar surface area (TPSA) is 42.0 Å². The van der Waals surface area contributed by atoms with Crippen LogP contribution in [0.15, 0.2) is 18.3 Å². The van der Waals surface area contributed by atoms with Gasteiger partial charge >= 0.3 is 0 Å². The zero-order chi connectivity index (χ0) is 10.6. The molecule has 0 aliphatic carbocycles. The van der Waals surface area contributed by atoms with Crippen LogP contribution in [0.4, 0.5) is 4.39 Å². The number of pyridine rings is 1. The molecule has 1 aromatic heterocycles. The molecule has 1 rings (SSSR count). The van der Waals surface area contributed by atoms with Crippen LogP contribution in [0.1, 0.15) is 30.6 Å². The van der Waals surface area contributed by atoms with Crippen LogP contribution < -0.4 is 5.32 Å². The first-order valence-electron chi connectivity index (χ1n) is 4.56. The fourth-order valence-corrected chi connectivity index (χ4v) is 0.953. The van der Waals surface area contributed by atoms with E-state index in [1.807, 2.05) is 13.8 Å². The minimum absolute atomic E-state index is 0.0960. The van der Waals surface area contributed by atoms with Crippen LogP contribution in [0.25, 0.3) is 0 Å². The Morgan fingerprint density at radius 1 is 1.71 bits per heavy atom. The van der Waals surface area contributed by atoms with Crippen molar-refractivity contribution in [2.75, 3.05) is 0 Å². The lowest BCUT2D eigenvalue weighted by molar-refractivity contribution is 0.0938. The lowest BCUT2D eigenvalue weighted by Gasteiger charge is -2.10. The van der Waals surface area contributed by atoms with Gasteiger partial charge in [-0.1, -0.05) is 6.92 Å². The molecule has 0 aliphatic heterocycles. The van der Waals surface area contributed by atoms with E-state index in [9.17, 15) is 9.18 Å². The van der Waals surface area contributed by atoms with Gasteiger partial charge in [-0.05, 0) is 19.4 Å². The largest absolute Gasteiger partial charge is 0.350 e. The van der Waals surface area contributed by atoms with Crippen molar-refractivity contribution in [1.29, 1.82) is 0 Å². The van der Waals surface area contributed by atoms with E-state index in [0.29, 0.717) is 5.56 Å². The molecule has 1 heterocycles. The summed E-state index contributed by atoms with van der Waals surface area (Å²) in [5.41, 5.74) is 0.304. The molecule has 14 heavy (non-hydrogen) atoms. The molecule has 0 fully saturated rings. The van der Waals surface area contributed by atoms with Gasteiger partial charge in [-0.2, -0.15) is 4.39 Å². The van der Waals surface area contributed by atoms with Crippen molar-refractivity contribution in [3.8, 4) is 0 Å². The second-order valence-corrected chi connectivity index (χ2v) is 3.15. The number of nitrogens with one attached hydrogen (secondary N) is 1. The van der Waals surface area contributed by atoms with Crippen LogP contribution in [0, 0.1) is 5.95 Å². The maximum Gasteiger partial charge on any atom is 0.251 e. The van der Waals surface area contributed by atoms with E-state index in [2.05, 4.69) is 10.3 Å². The predicted molar refractivity (Wildman–Crippen MR) is 51.4 cm³/mol. The summed E-state index contributed by atoms with van der Waals surface area (Å²) >= 11 is 0. The second kappa shape index (κ2) is 4.69. The van der Waals surface area contributed by atoms with Crippen LogP contribution in [-0.2, 0) is 0 Å². The SMILES string of the molecule is CCC(C)NC(=O)c1ccnc(F)c1. The fourth-order valence-electron chi connectivity index (χ4n) is 0.953. The van der Waals surface area contributed by atoms with Gasteiger partial charge in [-0.25, -0.2) is 4.98 Å². The Balaban J connectivity index is 2.70. The summed E-state index contributed by atoms with van der Waals surface area (Å²) in [5, 5.41) is 2.74. The Morgan fingerprint density at radius 2 is 2.43 bits per heavy atom. The normalized spacial score (nSPS) is 12.2. The Labute approximate surface area is 82.4 Å². The first-order valence-corrected chi connectivity index (χ1v) is 4.56. The number of halogens is 1. The molecule has 3 nitrogen and oxygen atoms in total. The number of rotatable bonds is 3. The molecule has 0 aromatic carbocycles. The van der Waals surface area contributed by atoms with Crippen LogP contribution in [0.5, 0.6) is 0 Å². The standard InChI is InChI=1S/C10H13FN2O/c1-3-7(2)13-10(14)8-4-5-12-9(11)6-8/h4-7H,3H2,1-2H3,(H,13,14). The van der Waals surface area contributed by atoms with Gasteiger partial charge in [0.2, 0.25) is 5.95 Å². The molecule has 0 saturated carbocycles. The van der Waals surface area contributed by atoms with Crippen molar-refractivity contribution in [1.82, 2.24) is 10.3 Å². The van der Waals surface area contributed by atoms with Gasteiger partial charge in [0.05, 0.1) is 0 Å². The van der Waals surface area contributed by atoms with Crippen LogP contribution in [0.3, 0.4) is 0 Å². The molecule has 0 aliphatic rings. The molecule has 1 atom stereocenters. The first-order chi connectivity index (χ1) is 6.63. The fraction of sp³-hybridized carbons (Fsp3) is 0.400. The summed E-state index contributed by atoms with van der Waals surface area (Å²) in [7, 11) is 0. The van der Waals surface area contributed by atoms with E-state index in [-0.39, 0.29) is 11.9 Å². The summed E-state index contributed by atoms with van der Waals surface area (Å²) in [4.78, 5) is 14.8.